The highest BCUT2D eigenvalue weighted by atomic mass is 16.5. The number of pyridine rings is 1. The highest BCUT2D eigenvalue weighted by Crippen LogP contribution is 2.15. The third-order valence-electron chi connectivity index (χ3n) is 5.31. The van der Waals surface area contributed by atoms with Gasteiger partial charge in [-0.25, -0.2) is 4.79 Å². The predicted molar refractivity (Wildman–Crippen MR) is 98.1 cm³/mol. The van der Waals surface area contributed by atoms with Crippen molar-refractivity contribution in [2.45, 2.75) is 52.6 Å². The van der Waals surface area contributed by atoms with E-state index >= 15 is 0 Å². The number of aryl methyl sites for hydroxylation is 1. The number of carbonyl (C=O) groups is 1. The average Bonchev–Trinajstić information content (AvgIpc) is 2.60. The fourth-order valence-electron chi connectivity index (χ4n) is 3.75. The minimum absolute atomic E-state index is 0.0303. The molecule has 1 fully saturated rings. The van der Waals surface area contributed by atoms with Gasteiger partial charge < -0.3 is 14.6 Å². The summed E-state index contributed by atoms with van der Waals surface area (Å²) in [5.74, 6) is -0.388. The number of benzene rings is 1. The number of rotatable bonds is 4. The Labute approximate surface area is 148 Å². The van der Waals surface area contributed by atoms with Crippen LogP contribution in [0.2, 0.25) is 0 Å². The van der Waals surface area contributed by atoms with E-state index < -0.39 is 0 Å². The van der Waals surface area contributed by atoms with Crippen molar-refractivity contribution in [3.63, 3.8) is 0 Å². The van der Waals surface area contributed by atoms with Crippen molar-refractivity contribution < 1.29 is 14.4 Å². The van der Waals surface area contributed by atoms with Crippen LogP contribution in [0.4, 0.5) is 0 Å². The van der Waals surface area contributed by atoms with Gasteiger partial charge in [0.05, 0.1) is 30.3 Å². The number of aromatic amines is 1. The summed E-state index contributed by atoms with van der Waals surface area (Å²) in [7, 11) is 0. The molecular formula is C20H27N2O3+. The van der Waals surface area contributed by atoms with Crippen LogP contribution in [0.25, 0.3) is 10.9 Å². The second kappa shape index (κ2) is 7.40. The molecule has 0 amide bonds. The zero-order valence-electron chi connectivity index (χ0n) is 15.3. The number of H-pyrrole nitrogens is 1. The van der Waals surface area contributed by atoms with E-state index in [1.54, 1.807) is 25.1 Å². The molecule has 2 heterocycles. The Kier molecular flexibility index (Phi) is 5.23. The minimum atomic E-state index is -0.388. The lowest BCUT2D eigenvalue weighted by Crippen LogP contribution is -3.15. The number of likely N-dealkylation sites (tertiary alicyclic amines) is 1. The molecule has 2 aromatic rings. The molecule has 2 N–H and O–H groups in total. The number of hydrogen-bond donors (Lipinski definition) is 2. The lowest BCUT2D eigenvalue weighted by atomic mass is 10.0. The Morgan fingerprint density at radius 3 is 2.88 bits per heavy atom. The Hall–Kier alpha value is -2.14. The lowest BCUT2D eigenvalue weighted by molar-refractivity contribution is -0.942. The smallest absolute Gasteiger partial charge is 0.338 e. The molecule has 0 bridgehead atoms. The molecule has 2 atom stereocenters. The van der Waals surface area contributed by atoms with Crippen molar-refractivity contribution in [1.82, 2.24) is 4.98 Å². The molecule has 1 aromatic carbocycles. The van der Waals surface area contributed by atoms with Crippen LogP contribution in [-0.4, -0.2) is 30.1 Å². The maximum atomic E-state index is 13.1. The van der Waals surface area contributed by atoms with Gasteiger partial charge in [-0.1, -0.05) is 0 Å². The van der Waals surface area contributed by atoms with Crippen LogP contribution in [0.3, 0.4) is 0 Å². The van der Waals surface area contributed by atoms with E-state index in [0.29, 0.717) is 23.6 Å². The van der Waals surface area contributed by atoms with Gasteiger partial charge in [-0.2, -0.15) is 0 Å². The normalized spacial score (nSPS) is 20.6. The first kappa shape index (κ1) is 17.7. The molecule has 1 aliphatic heterocycles. The topological polar surface area (TPSA) is 63.6 Å². The second-order valence-corrected chi connectivity index (χ2v) is 7.02. The number of carbonyl (C=O) groups excluding carboxylic acids is 1. The van der Waals surface area contributed by atoms with Crippen LogP contribution < -0.4 is 10.3 Å². The van der Waals surface area contributed by atoms with Crippen LogP contribution in [0.5, 0.6) is 0 Å². The van der Waals surface area contributed by atoms with Gasteiger partial charge in [-0.3, -0.25) is 4.79 Å². The first-order valence-electron chi connectivity index (χ1n) is 9.18. The summed E-state index contributed by atoms with van der Waals surface area (Å²) in [5.41, 5.74) is 2.97. The molecule has 0 spiro atoms. The Morgan fingerprint density at radius 2 is 2.16 bits per heavy atom. The van der Waals surface area contributed by atoms with Gasteiger partial charge in [-0.05, 0) is 58.2 Å². The van der Waals surface area contributed by atoms with E-state index in [0.717, 1.165) is 29.9 Å². The maximum absolute atomic E-state index is 13.1. The number of hydrogen-bond acceptors (Lipinski definition) is 3. The van der Waals surface area contributed by atoms with Crippen LogP contribution in [0, 0.1) is 6.92 Å². The number of esters is 1. The van der Waals surface area contributed by atoms with Crippen molar-refractivity contribution in [3.8, 4) is 0 Å². The first-order valence-corrected chi connectivity index (χ1v) is 9.18. The Morgan fingerprint density at radius 1 is 1.36 bits per heavy atom. The summed E-state index contributed by atoms with van der Waals surface area (Å²) < 4.78 is 5.05. The monoisotopic (exact) mass is 343 g/mol. The Balaban J connectivity index is 2.00. The molecule has 25 heavy (non-hydrogen) atoms. The lowest BCUT2D eigenvalue weighted by Gasteiger charge is -2.30. The Bertz CT molecular complexity index is 841. The number of nitrogens with one attached hydrogen (secondary N) is 2. The largest absolute Gasteiger partial charge is 0.462 e. The van der Waals surface area contributed by atoms with Crippen LogP contribution in [0.1, 0.15) is 54.7 Å². The van der Waals surface area contributed by atoms with Crippen molar-refractivity contribution in [2.75, 3.05) is 13.2 Å². The number of piperidine rings is 1. The molecule has 3 rings (SSSR count). The van der Waals surface area contributed by atoms with E-state index in [4.69, 9.17) is 4.74 Å². The fourth-order valence-corrected chi connectivity index (χ4v) is 3.75. The molecule has 1 aromatic heterocycles. The van der Waals surface area contributed by atoms with E-state index in [1.165, 1.54) is 24.2 Å². The standard InChI is InChI=1S/C20H26N2O3/c1-4-25-20(24)15-8-9-18-16(11-15)19(23)17(14(3)21-18)12-22-10-6-5-7-13(22)2/h8-9,11,13H,4-7,10,12H2,1-3H3,(H,21,23)/p+1/t13-/m1/s1. The highest BCUT2D eigenvalue weighted by molar-refractivity contribution is 5.94. The van der Waals surface area contributed by atoms with E-state index in [1.807, 2.05) is 6.92 Å². The van der Waals surface area contributed by atoms with E-state index in [-0.39, 0.29) is 11.4 Å². The predicted octanol–water partition coefficient (Wildman–Crippen LogP) is 1.97. The molecule has 1 unspecified atom stereocenters. The molecular weight excluding hydrogens is 316 g/mol. The van der Waals surface area contributed by atoms with Crippen molar-refractivity contribution in [3.05, 3.63) is 45.2 Å². The molecule has 134 valence electrons. The molecule has 0 saturated carbocycles. The summed E-state index contributed by atoms with van der Waals surface area (Å²) in [6, 6.07) is 5.72. The average molecular weight is 343 g/mol. The van der Waals surface area contributed by atoms with Gasteiger partial charge in [0, 0.05) is 16.6 Å². The summed E-state index contributed by atoms with van der Waals surface area (Å²) in [6.07, 6.45) is 3.71. The van der Waals surface area contributed by atoms with Crippen LogP contribution in [0.15, 0.2) is 23.0 Å². The molecule has 1 aliphatic rings. The van der Waals surface area contributed by atoms with Crippen molar-refractivity contribution >= 4 is 16.9 Å². The van der Waals surface area contributed by atoms with E-state index in [9.17, 15) is 9.59 Å². The first-order chi connectivity index (χ1) is 12.0. The van der Waals surface area contributed by atoms with Crippen molar-refractivity contribution in [1.29, 1.82) is 0 Å². The van der Waals surface area contributed by atoms with E-state index in [2.05, 4.69) is 11.9 Å². The molecule has 0 aliphatic carbocycles. The summed E-state index contributed by atoms with van der Waals surface area (Å²) in [5, 5.41) is 0.565. The fraction of sp³-hybridized carbons (Fsp3) is 0.500. The van der Waals surface area contributed by atoms with Crippen molar-refractivity contribution in [2.24, 2.45) is 0 Å². The van der Waals surface area contributed by atoms with Gasteiger partial charge in [0.2, 0.25) is 0 Å². The SMILES string of the molecule is CCOC(=O)c1ccc2[nH]c(C)c(C[NH+]3CCCC[C@H]3C)c(=O)c2c1. The number of aromatic nitrogens is 1. The quantitative estimate of drug-likeness (QED) is 0.835. The van der Waals surface area contributed by atoms with Gasteiger partial charge >= 0.3 is 5.97 Å². The maximum Gasteiger partial charge on any atom is 0.338 e. The number of fused-ring (bicyclic) bond motifs is 1. The number of quaternary nitrogens is 1. The third kappa shape index (κ3) is 3.61. The second-order valence-electron chi connectivity index (χ2n) is 7.02. The molecule has 5 nitrogen and oxygen atoms in total. The van der Waals surface area contributed by atoms with Gasteiger partial charge in [0.25, 0.3) is 0 Å². The summed E-state index contributed by atoms with van der Waals surface area (Å²) in [6.45, 7) is 8.17. The summed E-state index contributed by atoms with van der Waals surface area (Å²) >= 11 is 0. The molecule has 0 radical (unpaired) electrons. The third-order valence-corrected chi connectivity index (χ3v) is 5.31. The summed E-state index contributed by atoms with van der Waals surface area (Å²) in [4.78, 5) is 29.9. The zero-order chi connectivity index (χ0) is 18.0. The van der Waals surface area contributed by atoms with Gasteiger partial charge in [0.15, 0.2) is 5.43 Å². The molecule has 5 heteroatoms. The molecule has 1 saturated heterocycles. The minimum Gasteiger partial charge on any atom is -0.462 e. The van der Waals surface area contributed by atoms with Gasteiger partial charge in [0.1, 0.15) is 6.54 Å². The highest BCUT2D eigenvalue weighted by Gasteiger charge is 2.24. The van der Waals surface area contributed by atoms with Crippen LogP contribution in [-0.2, 0) is 11.3 Å². The number of ether oxygens (including phenoxy) is 1. The van der Waals surface area contributed by atoms with Gasteiger partial charge in [-0.15, -0.1) is 0 Å². The zero-order valence-corrected chi connectivity index (χ0v) is 15.3. The van der Waals surface area contributed by atoms with Crippen LogP contribution >= 0.6 is 0 Å².